The summed E-state index contributed by atoms with van der Waals surface area (Å²) < 4.78 is 0. The molecule has 1 amide bonds. The molecule has 2 atom stereocenters. The summed E-state index contributed by atoms with van der Waals surface area (Å²) in [5.74, 6) is -1.67. The van der Waals surface area contributed by atoms with E-state index in [1.807, 2.05) is 0 Å². The van der Waals surface area contributed by atoms with Crippen LogP contribution in [-0.4, -0.2) is 58.4 Å². The zero-order chi connectivity index (χ0) is 16.1. The standard InChI is InChI=1S/C6H13N3O3.C3H8N2O3/c1-4(7)9-12-3-2-5(8)6(10)11;4-2(1-6)3(7)5-8/h5H,2-3,8H2,1H3,(H2,7,9)(H,10,11);2,6,8H,1,4H2,(H,5,7). The van der Waals surface area contributed by atoms with Gasteiger partial charge in [0.15, 0.2) is 0 Å². The van der Waals surface area contributed by atoms with Crippen molar-refractivity contribution in [2.24, 2.45) is 11.5 Å². The third-order valence-corrected chi connectivity index (χ3v) is 1.72. The Morgan fingerprint density at radius 1 is 1.35 bits per heavy atom. The smallest absolute Gasteiger partial charge is 0.320 e. The Morgan fingerprint density at radius 3 is 2.20 bits per heavy atom. The van der Waals surface area contributed by atoms with E-state index in [-0.39, 0.29) is 18.9 Å². The zero-order valence-corrected chi connectivity index (χ0v) is 11.0. The number of carbonyl (C=O) groups is 2. The third kappa shape index (κ3) is 12.7. The van der Waals surface area contributed by atoms with Crippen molar-refractivity contribution in [1.29, 1.82) is 5.41 Å². The first-order valence-electron chi connectivity index (χ1n) is 5.48. The fourth-order valence-electron chi connectivity index (χ4n) is 0.634. The summed E-state index contributed by atoms with van der Waals surface area (Å²) >= 11 is 0. The number of carboxylic acid groups (broad SMARTS) is 1. The van der Waals surface area contributed by atoms with E-state index in [1.165, 1.54) is 12.4 Å². The van der Waals surface area contributed by atoms with Crippen LogP contribution < -0.4 is 22.4 Å². The molecule has 11 nitrogen and oxygen atoms in total. The van der Waals surface area contributed by atoms with Crippen molar-refractivity contribution >= 4 is 17.7 Å². The van der Waals surface area contributed by atoms with Gasteiger partial charge in [-0.1, -0.05) is 0 Å². The molecule has 0 saturated carbocycles. The zero-order valence-electron chi connectivity index (χ0n) is 11.0. The van der Waals surface area contributed by atoms with Crippen LogP contribution in [0.15, 0.2) is 0 Å². The average molecular weight is 295 g/mol. The van der Waals surface area contributed by atoms with E-state index in [4.69, 9.17) is 37.1 Å². The average Bonchev–Trinajstić information content (AvgIpc) is 2.41. The van der Waals surface area contributed by atoms with Gasteiger partial charge in [0.1, 0.15) is 17.9 Å². The molecule has 2 unspecified atom stereocenters. The lowest BCUT2D eigenvalue weighted by molar-refractivity contribution is -0.139. The Kier molecular flexibility index (Phi) is 12.6. The molecular formula is C9H21N5O6. The molecule has 0 rings (SSSR count). The summed E-state index contributed by atoms with van der Waals surface area (Å²) in [7, 11) is 0. The van der Waals surface area contributed by atoms with E-state index < -0.39 is 30.6 Å². The lowest BCUT2D eigenvalue weighted by atomic mass is 10.2. The van der Waals surface area contributed by atoms with Crippen LogP contribution >= 0.6 is 0 Å². The predicted molar refractivity (Wildman–Crippen MR) is 67.7 cm³/mol. The van der Waals surface area contributed by atoms with Crippen LogP contribution in [-0.2, 0) is 14.4 Å². The van der Waals surface area contributed by atoms with E-state index in [0.29, 0.717) is 0 Å². The number of hydrogen-bond acceptors (Lipinski definition) is 8. The molecule has 0 fully saturated rings. The summed E-state index contributed by atoms with van der Waals surface area (Å²) in [6, 6.07) is -1.93. The van der Waals surface area contributed by atoms with Gasteiger partial charge >= 0.3 is 5.97 Å². The molecule has 0 aliphatic rings. The first kappa shape index (κ1) is 20.5. The van der Waals surface area contributed by atoms with Crippen molar-refractivity contribution in [3.63, 3.8) is 0 Å². The molecule has 0 heterocycles. The Labute approximate surface area is 115 Å². The van der Waals surface area contributed by atoms with E-state index in [9.17, 15) is 9.59 Å². The number of carboxylic acids is 1. The molecule has 0 spiro atoms. The number of carbonyl (C=O) groups excluding carboxylic acids is 1. The molecule has 0 radical (unpaired) electrons. The number of amides is 1. The molecule has 118 valence electrons. The highest BCUT2D eigenvalue weighted by Crippen LogP contribution is 1.87. The number of nitrogens with one attached hydrogen (secondary N) is 3. The lowest BCUT2D eigenvalue weighted by Crippen LogP contribution is -2.41. The highest BCUT2D eigenvalue weighted by Gasteiger charge is 2.10. The Bertz CT molecular complexity index is 313. The minimum absolute atomic E-state index is 0.166. The Balaban J connectivity index is 0. The van der Waals surface area contributed by atoms with Crippen molar-refractivity contribution in [3.05, 3.63) is 0 Å². The quantitative estimate of drug-likeness (QED) is 0.0796. The van der Waals surface area contributed by atoms with Gasteiger partial charge in [-0.3, -0.25) is 30.5 Å². The predicted octanol–water partition coefficient (Wildman–Crippen LogP) is -2.88. The molecule has 0 bridgehead atoms. The van der Waals surface area contributed by atoms with Crippen LogP contribution in [0, 0.1) is 5.41 Å². The highest BCUT2D eigenvalue weighted by molar-refractivity contribution is 5.80. The number of rotatable bonds is 7. The van der Waals surface area contributed by atoms with Crippen LogP contribution in [0.25, 0.3) is 0 Å². The van der Waals surface area contributed by atoms with E-state index in [1.54, 1.807) is 0 Å². The maximum absolute atomic E-state index is 10.2. The Hall–Kier alpha value is -1.79. The van der Waals surface area contributed by atoms with Crippen molar-refractivity contribution in [3.8, 4) is 0 Å². The highest BCUT2D eigenvalue weighted by atomic mass is 16.6. The topological polar surface area (TPSA) is 204 Å². The van der Waals surface area contributed by atoms with Crippen molar-refractivity contribution in [2.45, 2.75) is 25.4 Å². The molecule has 0 aromatic heterocycles. The van der Waals surface area contributed by atoms with Crippen LogP contribution in [0.1, 0.15) is 13.3 Å². The first-order valence-corrected chi connectivity index (χ1v) is 5.48. The molecule has 10 N–H and O–H groups in total. The van der Waals surface area contributed by atoms with E-state index >= 15 is 0 Å². The normalized spacial score (nSPS) is 12.4. The molecule has 0 aliphatic carbocycles. The summed E-state index contributed by atoms with van der Waals surface area (Å²) in [6.07, 6.45) is 0.218. The van der Waals surface area contributed by atoms with E-state index in [2.05, 4.69) is 5.48 Å². The maximum atomic E-state index is 10.2. The van der Waals surface area contributed by atoms with Gasteiger partial charge in [0.05, 0.1) is 13.2 Å². The van der Waals surface area contributed by atoms with E-state index in [0.717, 1.165) is 0 Å². The summed E-state index contributed by atoms with van der Waals surface area (Å²) in [4.78, 5) is 25.0. The number of nitrogens with two attached hydrogens (primary N) is 2. The van der Waals surface area contributed by atoms with Crippen LogP contribution in [0.4, 0.5) is 0 Å². The minimum Gasteiger partial charge on any atom is -0.480 e. The molecule has 11 heteroatoms. The SMILES string of the molecule is CC(=N)NOCCC(N)C(=O)O.NC(CO)C(=O)NO. The number of hydrogen-bond donors (Lipinski definition) is 8. The number of aliphatic hydroxyl groups excluding tert-OH is 1. The monoisotopic (exact) mass is 295 g/mol. The van der Waals surface area contributed by atoms with Crippen molar-refractivity contribution < 1.29 is 29.8 Å². The van der Waals surface area contributed by atoms with Crippen LogP contribution in [0.5, 0.6) is 0 Å². The van der Waals surface area contributed by atoms with Gasteiger partial charge in [-0.15, -0.1) is 0 Å². The number of aliphatic hydroxyl groups is 1. The summed E-state index contributed by atoms with van der Waals surface area (Å²) in [5.41, 5.74) is 13.6. The number of amidine groups is 1. The third-order valence-electron chi connectivity index (χ3n) is 1.72. The van der Waals surface area contributed by atoms with Crippen LogP contribution in [0.2, 0.25) is 0 Å². The summed E-state index contributed by atoms with van der Waals surface area (Å²) in [6.45, 7) is 1.22. The molecular weight excluding hydrogens is 274 g/mol. The van der Waals surface area contributed by atoms with Gasteiger partial charge in [0.25, 0.3) is 5.91 Å². The molecule has 0 aliphatic heterocycles. The molecule has 0 aromatic carbocycles. The van der Waals surface area contributed by atoms with Gasteiger partial charge in [-0.2, -0.15) is 0 Å². The van der Waals surface area contributed by atoms with Gasteiger partial charge in [0, 0.05) is 0 Å². The van der Waals surface area contributed by atoms with Gasteiger partial charge in [0.2, 0.25) is 0 Å². The number of hydroxylamine groups is 2. The number of aliphatic carboxylic acids is 1. The summed E-state index contributed by atoms with van der Waals surface area (Å²) in [5, 5.41) is 31.2. The fraction of sp³-hybridized carbons (Fsp3) is 0.667. The Morgan fingerprint density at radius 2 is 1.90 bits per heavy atom. The van der Waals surface area contributed by atoms with Crippen molar-refractivity contribution in [2.75, 3.05) is 13.2 Å². The maximum Gasteiger partial charge on any atom is 0.320 e. The first-order chi connectivity index (χ1) is 9.26. The minimum atomic E-state index is -1.05. The molecule has 0 aromatic rings. The lowest BCUT2D eigenvalue weighted by Gasteiger charge is -2.07. The second-order valence-corrected chi connectivity index (χ2v) is 3.57. The largest absolute Gasteiger partial charge is 0.480 e. The van der Waals surface area contributed by atoms with Gasteiger partial charge < -0.3 is 21.7 Å². The molecule has 20 heavy (non-hydrogen) atoms. The van der Waals surface area contributed by atoms with Crippen LogP contribution in [0.3, 0.4) is 0 Å². The fourth-order valence-corrected chi connectivity index (χ4v) is 0.634. The van der Waals surface area contributed by atoms with Crippen molar-refractivity contribution in [1.82, 2.24) is 11.0 Å². The second-order valence-electron chi connectivity index (χ2n) is 3.57. The van der Waals surface area contributed by atoms with Gasteiger partial charge in [-0.05, 0) is 13.3 Å². The van der Waals surface area contributed by atoms with Gasteiger partial charge in [-0.25, -0.2) is 5.48 Å². The second kappa shape index (κ2) is 12.3. The molecule has 0 saturated heterocycles.